The molecule has 1 aromatic rings. The van der Waals surface area contributed by atoms with Crippen LogP contribution in [0.15, 0.2) is 27.1 Å². The lowest BCUT2D eigenvalue weighted by Crippen LogP contribution is -2.29. The maximum Gasteiger partial charge on any atom is 0.0568 e. The summed E-state index contributed by atoms with van der Waals surface area (Å²) in [6.07, 6.45) is -0.396. The molecule has 4 heteroatoms. The van der Waals surface area contributed by atoms with E-state index in [1.54, 1.807) is 13.8 Å². The van der Waals surface area contributed by atoms with Gasteiger partial charge in [0.1, 0.15) is 0 Å². The van der Waals surface area contributed by atoms with Gasteiger partial charge in [0.2, 0.25) is 0 Å². The van der Waals surface area contributed by atoms with Gasteiger partial charge in [-0.3, -0.25) is 0 Å². The molecular formula is C12H16Br2O2. The minimum atomic E-state index is -0.522. The average molecular weight is 352 g/mol. The summed E-state index contributed by atoms with van der Waals surface area (Å²) in [6, 6.07) is 5.91. The molecule has 2 N–H and O–H groups in total. The number of benzene rings is 1. The van der Waals surface area contributed by atoms with Crippen molar-refractivity contribution in [2.45, 2.75) is 32.5 Å². The second-order valence-corrected chi connectivity index (χ2v) is 5.85. The lowest BCUT2D eigenvalue weighted by atomic mass is 9.90. The molecule has 2 nitrogen and oxygen atoms in total. The van der Waals surface area contributed by atoms with Crippen LogP contribution < -0.4 is 0 Å². The summed E-state index contributed by atoms with van der Waals surface area (Å²) in [6.45, 7) is 3.42. The molecule has 0 heterocycles. The molecule has 0 radical (unpaired) electrons. The molecule has 0 spiro atoms. The zero-order chi connectivity index (χ0) is 12.3. The quantitative estimate of drug-likeness (QED) is 0.874. The lowest BCUT2D eigenvalue weighted by molar-refractivity contribution is 0.0320. The first-order chi connectivity index (χ1) is 7.41. The van der Waals surface area contributed by atoms with Crippen molar-refractivity contribution in [2.75, 3.05) is 0 Å². The van der Waals surface area contributed by atoms with Crippen molar-refractivity contribution >= 4 is 31.9 Å². The van der Waals surface area contributed by atoms with E-state index in [1.807, 2.05) is 18.2 Å². The number of rotatable bonds is 4. The van der Waals surface area contributed by atoms with Crippen molar-refractivity contribution in [1.82, 2.24) is 0 Å². The second-order valence-electron chi connectivity index (χ2n) is 4.08. The van der Waals surface area contributed by atoms with E-state index in [9.17, 15) is 10.2 Å². The third kappa shape index (κ3) is 3.84. The van der Waals surface area contributed by atoms with Crippen molar-refractivity contribution in [3.63, 3.8) is 0 Å². The summed E-state index contributed by atoms with van der Waals surface area (Å²) in [5, 5.41) is 19.2. The van der Waals surface area contributed by atoms with Gasteiger partial charge in [0.05, 0.1) is 12.2 Å². The maximum absolute atomic E-state index is 9.62. The Hall–Kier alpha value is 0.1000. The van der Waals surface area contributed by atoms with E-state index in [1.165, 1.54) is 0 Å². The van der Waals surface area contributed by atoms with E-state index < -0.39 is 12.2 Å². The van der Waals surface area contributed by atoms with Crippen molar-refractivity contribution in [1.29, 1.82) is 0 Å². The van der Waals surface area contributed by atoms with E-state index in [4.69, 9.17) is 0 Å². The molecule has 0 aliphatic rings. The van der Waals surface area contributed by atoms with Crippen molar-refractivity contribution in [3.8, 4) is 0 Å². The highest BCUT2D eigenvalue weighted by molar-refractivity contribution is 9.11. The summed E-state index contributed by atoms with van der Waals surface area (Å²) in [4.78, 5) is 0. The SMILES string of the molecule is CC(O)C(Cc1cc(Br)ccc1Br)C(C)O. The van der Waals surface area contributed by atoms with Gasteiger partial charge in [-0.1, -0.05) is 31.9 Å². The predicted molar refractivity (Wildman–Crippen MR) is 72.4 cm³/mol. The Bertz CT molecular complexity index is 343. The molecular weight excluding hydrogens is 336 g/mol. The smallest absolute Gasteiger partial charge is 0.0568 e. The molecule has 0 amide bonds. The van der Waals surface area contributed by atoms with Crippen LogP contribution in [0, 0.1) is 5.92 Å². The minimum Gasteiger partial charge on any atom is -0.393 e. The second kappa shape index (κ2) is 6.15. The summed E-state index contributed by atoms with van der Waals surface area (Å²) in [5.41, 5.74) is 1.08. The maximum atomic E-state index is 9.62. The topological polar surface area (TPSA) is 40.5 Å². The van der Waals surface area contributed by atoms with Gasteiger partial charge >= 0.3 is 0 Å². The number of hydrogen-bond acceptors (Lipinski definition) is 2. The first-order valence-corrected chi connectivity index (χ1v) is 6.80. The number of hydrogen-bond donors (Lipinski definition) is 2. The molecule has 2 unspecified atom stereocenters. The van der Waals surface area contributed by atoms with E-state index >= 15 is 0 Å². The van der Waals surface area contributed by atoms with Gasteiger partial charge in [-0.2, -0.15) is 0 Å². The molecule has 16 heavy (non-hydrogen) atoms. The molecule has 1 aromatic carbocycles. The van der Waals surface area contributed by atoms with E-state index in [0.29, 0.717) is 6.42 Å². The highest BCUT2D eigenvalue weighted by Gasteiger charge is 2.21. The number of halogens is 2. The molecule has 2 atom stereocenters. The third-order valence-electron chi connectivity index (χ3n) is 2.70. The van der Waals surface area contributed by atoms with Gasteiger partial charge < -0.3 is 10.2 Å². The van der Waals surface area contributed by atoms with Crippen LogP contribution in [0.1, 0.15) is 19.4 Å². The Labute approximate surface area is 113 Å². The van der Waals surface area contributed by atoms with Crippen molar-refractivity contribution in [3.05, 3.63) is 32.7 Å². The Balaban J connectivity index is 2.89. The first-order valence-electron chi connectivity index (χ1n) is 5.22. The van der Waals surface area contributed by atoms with Gasteiger partial charge in [-0.05, 0) is 44.0 Å². The van der Waals surface area contributed by atoms with Crippen LogP contribution in [0.25, 0.3) is 0 Å². The average Bonchev–Trinajstić information content (AvgIpc) is 2.18. The third-order valence-corrected chi connectivity index (χ3v) is 3.97. The van der Waals surface area contributed by atoms with Crippen LogP contribution in [0.5, 0.6) is 0 Å². The van der Waals surface area contributed by atoms with Crippen LogP contribution in [0.4, 0.5) is 0 Å². The molecule has 1 rings (SSSR count). The lowest BCUT2D eigenvalue weighted by Gasteiger charge is -2.23. The summed E-state index contributed by atoms with van der Waals surface area (Å²) < 4.78 is 2.00. The van der Waals surface area contributed by atoms with E-state index in [-0.39, 0.29) is 5.92 Å². The fraction of sp³-hybridized carbons (Fsp3) is 0.500. The Morgan fingerprint density at radius 2 is 1.69 bits per heavy atom. The van der Waals surface area contributed by atoms with Gasteiger partial charge in [0.25, 0.3) is 0 Å². The van der Waals surface area contributed by atoms with Crippen LogP contribution in [0.3, 0.4) is 0 Å². The molecule has 0 fully saturated rings. The molecule has 0 aromatic heterocycles. The molecule has 0 saturated carbocycles. The van der Waals surface area contributed by atoms with Gasteiger partial charge in [-0.25, -0.2) is 0 Å². The summed E-state index contributed by atoms with van der Waals surface area (Å²) in [5.74, 6) is -0.148. The van der Waals surface area contributed by atoms with Crippen LogP contribution >= 0.6 is 31.9 Å². The highest BCUT2D eigenvalue weighted by atomic mass is 79.9. The molecule has 0 aliphatic carbocycles. The van der Waals surface area contributed by atoms with Crippen LogP contribution in [-0.2, 0) is 6.42 Å². The van der Waals surface area contributed by atoms with Crippen molar-refractivity contribution in [2.24, 2.45) is 5.92 Å². The largest absolute Gasteiger partial charge is 0.393 e. The normalized spacial score (nSPS) is 16.9. The van der Waals surface area contributed by atoms with E-state index in [0.717, 1.165) is 14.5 Å². The summed E-state index contributed by atoms with van der Waals surface area (Å²) >= 11 is 6.89. The monoisotopic (exact) mass is 350 g/mol. The zero-order valence-corrected chi connectivity index (χ0v) is 12.5. The fourth-order valence-corrected chi connectivity index (χ4v) is 2.51. The first kappa shape index (κ1) is 14.2. The number of aliphatic hydroxyl groups excluding tert-OH is 2. The van der Waals surface area contributed by atoms with Crippen LogP contribution in [-0.4, -0.2) is 22.4 Å². The minimum absolute atomic E-state index is 0.148. The molecule has 0 aliphatic heterocycles. The van der Waals surface area contributed by atoms with Gasteiger partial charge in [-0.15, -0.1) is 0 Å². The van der Waals surface area contributed by atoms with Gasteiger partial charge in [0, 0.05) is 14.9 Å². The van der Waals surface area contributed by atoms with Gasteiger partial charge in [0.15, 0.2) is 0 Å². The Morgan fingerprint density at radius 3 is 2.19 bits per heavy atom. The standard InChI is InChI=1S/C12H16Br2O2/c1-7(15)11(8(2)16)6-9-5-10(13)3-4-12(9)14/h3-5,7-8,11,15-16H,6H2,1-2H3. The fourth-order valence-electron chi connectivity index (χ4n) is 1.70. The highest BCUT2D eigenvalue weighted by Crippen LogP contribution is 2.26. The Kier molecular flexibility index (Phi) is 5.44. The molecule has 0 bridgehead atoms. The van der Waals surface area contributed by atoms with E-state index in [2.05, 4.69) is 31.9 Å². The van der Waals surface area contributed by atoms with Crippen molar-refractivity contribution < 1.29 is 10.2 Å². The molecule has 90 valence electrons. The predicted octanol–water partition coefficient (Wildman–Crippen LogP) is 3.13. The number of aliphatic hydroxyl groups is 2. The van der Waals surface area contributed by atoms with Crippen LogP contribution in [0.2, 0.25) is 0 Å². The zero-order valence-electron chi connectivity index (χ0n) is 9.32. The Morgan fingerprint density at radius 1 is 1.12 bits per heavy atom. The molecule has 0 saturated heterocycles. The summed E-state index contributed by atoms with van der Waals surface area (Å²) in [7, 11) is 0.